The zero-order chi connectivity index (χ0) is 13.8. The molecule has 0 aliphatic heterocycles. The third-order valence-corrected chi connectivity index (χ3v) is 3.70. The molecular formula is C11H15ClN4O3. The Morgan fingerprint density at radius 3 is 2.95 bits per heavy atom. The molecule has 2 N–H and O–H groups in total. The van der Waals surface area contributed by atoms with Crippen molar-refractivity contribution in [1.29, 1.82) is 0 Å². The number of aliphatic hydroxyl groups is 1. The van der Waals surface area contributed by atoms with E-state index in [0.717, 1.165) is 25.5 Å². The third kappa shape index (κ3) is 3.30. The fourth-order valence-corrected chi connectivity index (χ4v) is 2.60. The van der Waals surface area contributed by atoms with Crippen molar-refractivity contribution in [3.05, 3.63) is 21.6 Å². The first kappa shape index (κ1) is 14.0. The van der Waals surface area contributed by atoms with Crippen LogP contribution in [0.15, 0.2) is 6.20 Å². The number of anilines is 1. The van der Waals surface area contributed by atoms with Gasteiger partial charge in [-0.1, -0.05) is 6.42 Å². The molecule has 1 aliphatic rings. The molecule has 0 amide bonds. The molecule has 19 heavy (non-hydrogen) atoms. The summed E-state index contributed by atoms with van der Waals surface area (Å²) < 4.78 is 0. The van der Waals surface area contributed by atoms with E-state index in [1.54, 1.807) is 0 Å². The Balaban J connectivity index is 2.06. The number of rotatable bonds is 5. The summed E-state index contributed by atoms with van der Waals surface area (Å²) in [5.74, 6) is 0.691. The van der Waals surface area contributed by atoms with Crippen LogP contribution in [0, 0.1) is 22.0 Å². The van der Waals surface area contributed by atoms with E-state index < -0.39 is 4.92 Å². The number of aromatic nitrogens is 2. The molecule has 2 rings (SSSR count). The fraction of sp³-hybridized carbons (Fsp3) is 0.636. The highest BCUT2D eigenvalue weighted by Crippen LogP contribution is 2.32. The van der Waals surface area contributed by atoms with Crippen molar-refractivity contribution < 1.29 is 10.0 Å². The summed E-state index contributed by atoms with van der Waals surface area (Å²) in [6.07, 6.45) is 4.17. The van der Waals surface area contributed by atoms with E-state index in [-0.39, 0.29) is 29.3 Å². The lowest BCUT2D eigenvalue weighted by atomic mass is 9.97. The minimum absolute atomic E-state index is 0.0294. The van der Waals surface area contributed by atoms with Crippen LogP contribution in [0.3, 0.4) is 0 Å². The van der Waals surface area contributed by atoms with Crippen molar-refractivity contribution >= 4 is 23.1 Å². The minimum Gasteiger partial charge on any atom is -0.396 e. The lowest BCUT2D eigenvalue weighted by molar-refractivity contribution is -0.384. The van der Waals surface area contributed by atoms with Crippen LogP contribution >= 0.6 is 11.6 Å². The Hall–Kier alpha value is -1.47. The van der Waals surface area contributed by atoms with Crippen molar-refractivity contribution in [3.63, 3.8) is 0 Å². The number of nitro groups is 1. The first-order valence-corrected chi connectivity index (χ1v) is 6.51. The van der Waals surface area contributed by atoms with Gasteiger partial charge in [-0.3, -0.25) is 10.1 Å². The Kier molecular flexibility index (Phi) is 4.49. The molecule has 0 spiro atoms. The Bertz CT molecular complexity index is 471. The third-order valence-electron chi connectivity index (χ3n) is 3.52. The van der Waals surface area contributed by atoms with Gasteiger partial charge in [-0.2, -0.15) is 4.98 Å². The van der Waals surface area contributed by atoms with Crippen LogP contribution in [-0.2, 0) is 0 Å². The smallest absolute Gasteiger partial charge is 0.329 e. The second kappa shape index (κ2) is 6.12. The number of nitrogens with one attached hydrogen (secondary N) is 1. The summed E-state index contributed by atoms with van der Waals surface area (Å²) in [5, 5.41) is 23.0. The molecule has 1 heterocycles. The lowest BCUT2D eigenvalue weighted by Crippen LogP contribution is -2.21. The van der Waals surface area contributed by atoms with Gasteiger partial charge in [0.25, 0.3) is 0 Å². The molecule has 8 heteroatoms. The van der Waals surface area contributed by atoms with Gasteiger partial charge in [0.2, 0.25) is 11.1 Å². The highest BCUT2D eigenvalue weighted by molar-refractivity contribution is 6.28. The monoisotopic (exact) mass is 286 g/mol. The average molecular weight is 287 g/mol. The maximum Gasteiger partial charge on any atom is 0.329 e. The molecule has 104 valence electrons. The fourth-order valence-electron chi connectivity index (χ4n) is 2.47. The van der Waals surface area contributed by atoms with Gasteiger partial charge in [0.1, 0.15) is 6.20 Å². The molecule has 1 saturated carbocycles. The first-order chi connectivity index (χ1) is 9.11. The quantitative estimate of drug-likeness (QED) is 0.487. The molecule has 2 atom stereocenters. The molecule has 1 aliphatic carbocycles. The van der Waals surface area contributed by atoms with E-state index in [4.69, 9.17) is 11.6 Å². The molecule has 7 nitrogen and oxygen atoms in total. The molecule has 1 aromatic rings. The van der Waals surface area contributed by atoms with Crippen molar-refractivity contribution in [2.75, 3.05) is 18.5 Å². The molecule has 2 unspecified atom stereocenters. The first-order valence-electron chi connectivity index (χ1n) is 6.13. The van der Waals surface area contributed by atoms with E-state index in [1.165, 1.54) is 0 Å². The normalized spacial score (nSPS) is 22.4. The molecular weight excluding hydrogens is 272 g/mol. The lowest BCUT2D eigenvalue weighted by Gasteiger charge is -2.17. The standard InChI is InChI=1S/C11H15ClN4O3/c12-11-14-5-9(16(18)19)10(15-11)13-4-7-2-1-3-8(7)6-17/h5,7-8,17H,1-4,6H2,(H,13,14,15). The largest absolute Gasteiger partial charge is 0.396 e. The molecule has 0 bridgehead atoms. The predicted molar refractivity (Wildman–Crippen MR) is 70.1 cm³/mol. The van der Waals surface area contributed by atoms with Gasteiger partial charge in [0.05, 0.1) is 4.92 Å². The zero-order valence-corrected chi connectivity index (χ0v) is 11.0. The Labute approximate surface area is 115 Å². The van der Waals surface area contributed by atoms with Gasteiger partial charge >= 0.3 is 5.69 Å². The second-order valence-corrected chi connectivity index (χ2v) is 4.98. The SMILES string of the molecule is O=[N+]([O-])c1cnc(Cl)nc1NCC1CCCC1CO. The number of halogens is 1. The summed E-state index contributed by atoms with van der Waals surface area (Å²) in [6.45, 7) is 0.693. The van der Waals surface area contributed by atoms with Crippen molar-refractivity contribution in [1.82, 2.24) is 9.97 Å². The second-order valence-electron chi connectivity index (χ2n) is 4.64. The van der Waals surface area contributed by atoms with Gasteiger partial charge in [-0.05, 0) is 36.3 Å². The number of nitrogens with zero attached hydrogens (tertiary/aromatic N) is 3. The van der Waals surface area contributed by atoms with E-state index in [1.807, 2.05) is 0 Å². The van der Waals surface area contributed by atoms with Crippen LogP contribution in [0.4, 0.5) is 11.5 Å². The average Bonchev–Trinajstić information content (AvgIpc) is 2.83. The zero-order valence-electron chi connectivity index (χ0n) is 10.3. The van der Waals surface area contributed by atoms with Gasteiger partial charge in [0.15, 0.2) is 0 Å². The number of hydrogen-bond donors (Lipinski definition) is 2. The summed E-state index contributed by atoms with van der Waals surface area (Å²) in [5.41, 5.74) is -0.192. The maximum atomic E-state index is 10.9. The van der Waals surface area contributed by atoms with E-state index in [9.17, 15) is 15.2 Å². The minimum atomic E-state index is -0.545. The van der Waals surface area contributed by atoms with Crippen LogP contribution in [-0.4, -0.2) is 33.1 Å². The maximum absolute atomic E-state index is 10.9. The molecule has 1 fully saturated rings. The van der Waals surface area contributed by atoms with Gasteiger partial charge in [-0.25, -0.2) is 4.98 Å². The van der Waals surface area contributed by atoms with Crippen LogP contribution in [0.1, 0.15) is 19.3 Å². The van der Waals surface area contributed by atoms with Crippen LogP contribution in [0.2, 0.25) is 5.28 Å². The number of hydrogen-bond acceptors (Lipinski definition) is 6. The van der Waals surface area contributed by atoms with Crippen molar-refractivity contribution in [2.24, 2.45) is 11.8 Å². The van der Waals surface area contributed by atoms with Crippen LogP contribution in [0.5, 0.6) is 0 Å². The van der Waals surface area contributed by atoms with Crippen molar-refractivity contribution in [2.45, 2.75) is 19.3 Å². The van der Waals surface area contributed by atoms with E-state index in [2.05, 4.69) is 15.3 Å². The summed E-state index contributed by atoms with van der Waals surface area (Å²) in [4.78, 5) is 17.8. The highest BCUT2D eigenvalue weighted by Gasteiger charge is 2.27. The molecule has 0 radical (unpaired) electrons. The number of aliphatic hydroxyl groups excluding tert-OH is 1. The Morgan fingerprint density at radius 2 is 2.26 bits per heavy atom. The molecule has 1 aromatic heterocycles. The van der Waals surface area contributed by atoms with Crippen molar-refractivity contribution in [3.8, 4) is 0 Å². The van der Waals surface area contributed by atoms with E-state index >= 15 is 0 Å². The highest BCUT2D eigenvalue weighted by atomic mass is 35.5. The van der Waals surface area contributed by atoms with Crippen LogP contribution < -0.4 is 5.32 Å². The van der Waals surface area contributed by atoms with Gasteiger partial charge < -0.3 is 10.4 Å². The van der Waals surface area contributed by atoms with Crippen LogP contribution in [0.25, 0.3) is 0 Å². The molecule has 0 aromatic carbocycles. The van der Waals surface area contributed by atoms with Gasteiger partial charge in [0, 0.05) is 13.2 Å². The summed E-state index contributed by atoms with van der Waals surface area (Å²) in [7, 11) is 0. The van der Waals surface area contributed by atoms with E-state index in [0.29, 0.717) is 12.5 Å². The molecule has 0 saturated heterocycles. The predicted octanol–water partition coefficient (Wildman–Crippen LogP) is 1.86. The summed E-state index contributed by atoms with van der Waals surface area (Å²) in [6, 6.07) is 0. The van der Waals surface area contributed by atoms with Gasteiger partial charge in [-0.15, -0.1) is 0 Å². The topological polar surface area (TPSA) is 101 Å². The Morgan fingerprint density at radius 1 is 1.53 bits per heavy atom. The summed E-state index contributed by atoms with van der Waals surface area (Å²) >= 11 is 5.65.